The van der Waals surface area contributed by atoms with Crippen molar-refractivity contribution < 1.29 is 9.53 Å². The average molecular weight is 228 g/mol. The summed E-state index contributed by atoms with van der Waals surface area (Å²) in [6, 6.07) is 0. The molecule has 5 heteroatoms. The Morgan fingerprint density at radius 1 is 1.60 bits per heavy atom. The van der Waals surface area contributed by atoms with Crippen LogP contribution in [-0.2, 0) is 4.74 Å². The maximum atomic E-state index is 10.7. The predicted molar refractivity (Wildman–Crippen MR) is 62.0 cm³/mol. The number of carbonyl (C=O) groups is 1. The highest BCUT2D eigenvalue weighted by Crippen LogP contribution is 2.23. The van der Waals surface area contributed by atoms with Crippen LogP contribution >= 0.6 is 11.3 Å². The second-order valence-corrected chi connectivity index (χ2v) is 4.34. The van der Waals surface area contributed by atoms with Crippen LogP contribution in [0.25, 0.3) is 0 Å². The van der Waals surface area contributed by atoms with Crippen molar-refractivity contribution in [3.63, 3.8) is 0 Å². The molecular formula is C10H16N2O2S. The Balaban J connectivity index is 2.57. The number of hydrogen-bond acceptors (Lipinski definition) is 5. The molecule has 0 saturated heterocycles. The Labute approximate surface area is 93.9 Å². The summed E-state index contributed by atoms with van der Waals surface area (Å²) < 4.78 is 4.98. The van der Waals surface area contributed by atoms with Gasteiger partial charge in [-0.05, 0) is 13.3 Å². The number of aldehydes is 1. The Bertz CT molecular complexity index is 325. The Morgan fingerprint density at radius 2 is 2.33 bits per heavy atom. The number of hydrogen-bond donors (Lipinski definition) is 0. The minimum absolute atomic E-state index is 0.712. The van der Waals surface area contributed by atoms with Crippen LogP contribution in [0.1, 0.15) is 21.8 Å². The van der Waals surface area contributed by atoms with Crippen molar-refractivity contribution in [1.82, 2.24) is 4.98 Å². The van der Waals surface area contributed by atoms with Gasteiger partial charge in [0.25, 0.3) is 0 Å². The Morgan fingerprint density at radius 3 is 2.87 bits per heavy atom. The van der Waals surface area contributed by atoms with E-state index in [-0.39, 0.29) is 0 Å². The summed E-state index contributed by atoms with van der Waals surface area (Å²) in [6.45, 7) is 3.49. The number of thiazole rings is 1. The van der Waals surface area contributed by atoms with E-state index in [0.717, 1.165) is 36.7 Å². The first kappa shape index (κ1) is 12.1. The molecule has 0 bridgehead atoms. The van der Waals surface area contributed by atoms with Gasteiger partial charge < -0.3 is 9.64 Å². The van der Waals surface area contributed by atoms with E-state index in [2.05, 4.69) is 4.98 Å². The molecule has 0 saturated carbocycles. The highest BCUT2D eigenvalue weighted by Gasteiger charge is 2.09. The van der Waals surface area contributed by atoms with E-state index in [4.69, 9.17) is 4.74 Å². The van der Waals surface area contributed by atoms with Crippen molar-refractivity contribution in [3.8, 4) is 0 Å². The summed E-state index contributed by atoms with van der Waals surface area (Å²) in [4.78, 5) is 17.7. The van der Waals surface area contributed by atoms with E-state index in [0.29, 0.717) is 4.88 Å². The summed E-state index contributed by atoms with van der Waals surface area (Å²) in [7, 11) is 3.67. The van der Waals surface area contributed by atoms with Gasteiger partial charge in [-0.25, -0.2) is 4.98 Å². The zero-order valence-electron chi connectivity index (χ0n) is 9.32. The molecule has 0 amide bonds. The molecule has 1 aromatic heterocycles. The number of nitrogens with zero attached hydrogens (tertiary/aromatic N) is 2. The van der Waals surface area contributed by atoms with Crippen molar-refractivity contribution >= 4 is 22.8 Å². The van der Waals surface area contributed by atoms with Crippen LogP contribution in [0.3, 0.4) is 0 Å². The molecule has 0 aliphatic rings. The third-order valence-corrected chi connectivity index (χ3v) is 3.29. The lowest BCUT2D eigenvalue weighted by Crippen LogP contribution is -2.19. The highest BCUT2D eigenvalue weighted by molar-refractivity contribution is 7.17. The van der Waals surface area contributed by atoms with Gasteiger partial charge in [-0.3, -0.25) is 4.79 Å². The van der Waals surface area contributed by atoms with E-state index in [1.165, 1.54) is 11.3 Å². The molecule has 0 aliphatic carbocycles. The van der Waals surface area contributed by atoms with Gasteiger partial charge in [-0.15, -0.1) is 0 Å². The molecule has 0 spiro atoms. The van der Waals surface area contributed by atoms with Crippen molar-refractivity contribution in [2.24, 2.45) is 0 Å². The van der Waals surface area contributed by atoms with Crippen LogP contribution in [-0.4, -0.2) is 38.6 Å². The van der Waals surface area contributed by atoms with Gasteiger partial charge in [0, 0.05) is 27.3 Å². The SMILES string of the molecule is COCCCN(C)c1nc(C)c(C=O)s1. The van der Waals surface area contributed by atoms with Gasteiger partial charge in [0.05, 0.1) is 10.6 Å². The molecule has 1 rings (SSSR count). The normalized spacial score (nSPS) is 10.3. The van der Waals surface area contributed by atoms with E-state index in [9.17, 15) is 4.79 Å². The van der Waals surface area contributed by atoms with E-state index in [1.54, 1.807) is 7.11 Å². The monoisotopic (exact) mass is 228 g/mol. The number of aromatic nitrogens is 1. The number of methoxy groups -OCH3 is 1. The predicted octanol–water partition coefficient (Wildman–Crippen LogP) is 1.74. The fraction of sp³-hybridized carbons (Fsp3) is 0.600. The minimum Gasteiger partial charge on any atom is -0.385 e. The van der Waals surface area contributed by atoms with Crippen LogP contribution in [0, 0.1) is 6.92 Å². The number of ether oxygens (including phenoxy) is 1. The summed E-state index contributed by atoms with van der Waals surface area (Å²) in [5, 5.41) is 0.894. The number of carbonyl (C=O) groups excluding carboxylic acids is 1. The molecule has 84 valence electrons. The standard InChI is InChI=1S/C10H16N2O2S/c1-8-9(7-13)15-10(11-8)12(2)5-4-6-14-3/h7H,4-6H2,1-3H3. The first-order chi connectivity index (χ1) is 7.19. The Kier molecular flexibility index (Phi) is 4.71. The average Bonchev–Trinajstić information content (AvgIpc) is 2.60. The summed E-state index contributed by atoms with van der Waals surface area (Å²) >= 11 is 1.43. The molecule has 0 atom stereocenters. The van der Waals surface area contributed by atoms with Crippen LogP contribution < -0.4 is 4.90 Å². The quantitative estimate of drug-likeness (QED) is 0.549. The lowest BCUT2D eigenvalue weighted by molar-refractivity contribution is 0.112. The molecular weight excluding hydrogens is 212 g/mol. The molecule has 1 aromatic rings. The van der Waals surface area contributed by atoms with Crippen LogP contribution in [0.4, 0.5) is 5.13 Å². The molecule has 1 heterocycles. The zero-order valence-corrected chi connectivity index (χ0v) is 10.1. The minimum atomic E-state index is 0.712. The van der Waals surface area contributed by atoms with Gasteiger partial charge in [0.1, 0.15) is 0 Å². The number of rotatable bonds is 6. The maximum Gasteiger partial charge on any atom is 0.185 e. The first-order valence-electron chi connectivity index (χ1n) is 4.81. The molecule has 4 nitrogen and oxygen atoms in total. The summed E-state index contributed by atoms with van der Waals surface area (Å²) in [5.41, 5.74) is 0.809. The van der Waals surface area contributed by atoms with Crippen molar-refractivity contribution in [2.45, 2.75) is 13.3 Å². The van der Waals surface area contributed by atoms with Crippen LogP contribution in [0.5, 0.6) is 0 Å². The van der Waals surface area contributed by atoms with E-state index >= 15 is 0 Å². The van der Waals surface area contributed by atoms with Gasteiger partial charge in [-0.2, -0.15) is 0 Å². The topological polar surface area (TPSA) is 42.4 Å². The zero-order chi connectivity index (χ0) is 11.3. The lowest BCUT2D eigenvalue weighted by Gasteiger charge is -2.14. The molecule has 0 fully saturated rings. The second kappa shape index (κ2) is 5.82. The molecule has 0 aromatic carbocycles. The van der Waals surface area contributed by atoms with Gasteiger partial charge in [0.2, 0.25) is 0 Å². The molecule has 0 unspecified atom stereocenters. The first-order valence-corrected chi connectivity index (χ1v) is 5.63. The smallest absolute Gasteiger partial charge is 0.185 e. The Hall–Kier alpha value is -0.940. The molecule has 0 N–H and O–H groups in total. The van der Waals surface area contributed by atoms with Crippen molar-refractivity contribution in [3.05, 3.63) is 10.6 Å². The third-order valence-electron chi connectivity index (χ3n) is 2.10. The van der Waals surface area contributed by atoms with Crippen LogP contribution in [0.2, 0.25) is 0 Å². The summed E-state index contributed by atoms with van der Waals surface area (Å²) in [5.74, 6) is 0. The maximum absolute atomic E-state index is 10.7. The van der Waals surface area contributed by atoms with E-state index in [1.807, 2.05) is 18.9 Å². The van der Waals surface area contributed by atoms with Crippen molar-refractivity contribution in [1.29, 1.82) is 0 Å². The largest absolute Gasteiger partial charge is 0.385 e. The van der Waals surface area contributed by atoms with Gasteiger partial charge in [0.15, 0.2) is 11.4 Å². The number of anilines is 1. The second-order valence-electron chi connectivity index (χ2n) is 3.33. The fourth-order valence-electron chi connectivity index (χ4n) is 1.21. The number of aryl methyl sites for hydroxylation is 1. The lowest BCUT2D eigenvalue weighted by atomic mass is 10.4. The summed E-state index contributed by atoms with van der Waals surface area (Å²) in [6.07, 6.45) is 1.82. The van der Waals surface area contributed by atoms with Crippen LogP contribution in [0.15, 0.2) is 0 Å². The van der Waals surface area contributed by atoms with Gasteiger partial charge in [-0.1, -0.05) is 11.3 Å². The molecule has 0 aliphatic heterocycles. The molecule has 15 heavy (non-hydrogen) atoms. The van der Waals surface area contributed by atoms with Crippen molar-refractivity contribution in [2.75, 3.05) is 32.2 Å². The highest BCUT2D eigenvalue weighted by atomic mass is 32.1. The van der Waals surface area contributed by atoms with E-state index < -0.39 is 0 Å². The van der Waals surface area contributed by atoms with Gasteiger partial charge >= 0.3 is 0 Å². The molecule has 0 radical (unpaired) electrons. The fourth-order valence-corrected chi connectivity index (χ4v) is 2.08. The third kappa shape index (κ3) is 3.28.